The lowest BCUT2D eigenvalue weighted by Gasteiger charge is -2.28. The summed E-state index contributed by atoms with van der Waals surface area (Å²) in [5, 5.41) is 19.9. The molecular weight excluding hydrogens is 242 g/mol. The van der Waals surface area contributed by atoms with Crippen molar-refractivity contribution < 1.29 is 15.0 Å². The molecule has 0 aliphatic heterocycles. The summed E-state index contributed by atoms with van der Waals surface area (Å²) in [6.07, 6.45) is 0.671. The van der Waals surface area contributed by atoms with Crippen LogP contribution in [0.4, 0.5) is 0 Å². The molecule has 1 aromatic rings. The first-order valence-electron chi connectivity index (χ1n) is 6.62. The Morgan fingerprint density at radius 3 is 2.42 bits per heavy atom. The van der Waals surface area contributed by atoms with E-state index in [1.54, 1.807) is 32.0 Å². The van der Waals surface area contributed by atoms with Gasteiger partial charge in [-0.1, -0.05) is 19.1 Å². The lowest BCUT2D eigenvalue weighted by Crippen LogP contribution is -2.42. The minimum Gasteiger partial charge on any atom is -0.507 e. The molecule has 106 valence electrons. The number of carbonyl (C=O) groups is 1. The monoisotopic (exact) mass is 265 g/mol. The fraction of sp³-hybridized carbons (Fsp3) is 0.533. The summed E-state index contributed by atoms with van der Waals surface area (Å²) in [4.78, 5) is 13.9. The maximum Gasteiger partial charge on any atom is 0.257 e. The molecule has 0 fully saturated rings. The lowest BCUT2D eigenvalue weighted by molar-refractivity contribution is 0.0313. The molecule has 0 atom stereocenters. The normalized spacial score (nSPS) is 11.4. The van der Waals surface area contributed by atoms with Gasteiger partial charge in [-0.05, 0) is 38.8 Å². The zero-order valence-electron chi connectivity index (χ0n) is 12.1. The highest BCUT2D eigenvalue weighted by atomic mass is 16.3. The van der Waals surface area contributed by atoms with E-state index >= 15 is 0 Å². The number of para-hydroxylation sites is 1. The van der Waals surface area contributed by atoms with E-state index < -0.39 is 5.60 Å². The molecule has 4 heteroatoms. The lowest BCUT2D eigenvalue weighted by atomic mass is 10.0. The van der Waals surface area contributed by atoms with Gasteiger partial charge in [0.1, 0.15) is 5.75 Å². The Hall–Kier alpha value is -1.55. The van der Waals surface area contributed by atoms with Gasteiger partial charge in [0, 0.05) is 13.1 Å². The van der Waals surface area contributed by atoms with Crippen molar-refractivity contribution in [1.82, 2.24) is 4.90 Å². The van der Waals surface area contributed by atoms with E-state index in [4.69, 9.17) is 0 Å². The third kappa shape index (κ3) is 3.96. The van der Waals surface area contributed by atoms with E-state index in [-0.39, 0.29) is 18.2 Å². The number of phenolic OH excluding ortho intramolecular Hbond substituents is 1. The van der Waals surface area contributed by atoms with E-state index in [0.717, 1.165) is 5.56 Å². The van der Waals surface area contributed by atoms with Gasteiger partial charge in [-0.25, -0.2) is 0 Å². The molecule has 4 nitrogen and oxygen atoms in total. The minimum atomic E-state index is -0.955. The third-order valence-corrected chi connectivity index (χ3v) is 2.98. The fourth-order valence-corrected chi connectivity index (χ4v) is 2.01. The van der Waals surface area contributed by atoms with Crippen LogP contribution in [-0.4, -0.2) is 39.7 Å². The van der Waals surface area contributed by atoms with E-state index in [2.05, 4.69) is 0 Å². The van der Waals surface area contributed by atoms with E-state index in [1.807, 2.05) is 13.8 Å². The summed E-state index contributed by atoms with van der Waals surface area (Å²) in [6, 6.07) is 5.19. The molecule has 0 radical (unpaired) electrons. The van der Waals surface area contributed by atoms with Crippen LogP contribution in [0.25, 0.3) is 0 Å². The van der Waals surface area contributed by atoms with E-state index in [0.29, 0.717) is 18.5 Å². The summed E-state index contributed by atoms with van der Waals surface area (Å²) in [7, 11) is 0. The molecule has 1 amide bonds. The first-order valence-corrected chi connectivity index (χ1v) is 6.62. The standard InChI is InChI=1S/C15H23NO3/c1-5-11-8-7-9-12(13(11)17)14(18)16(6-2)10-15(3,4)19/h7-9,17,19H,5-6,10H2,1-4H3. The van der Waals surface area contributed by atoms with Crippen LogP contribution in [0.1, 0.15) is 43.6 Å². The average Bonchev–Trinajstić information content (AvgIpc) is 2.34. The first-order chi connectivity index (χ1) is 8.80. The van der Waals surface area contributed by atoms with Gasteiger partial charge in [-0.2, -0.15) is 0 Å². The summed E-state index contributed by atoms with van der Waals surface area (Å²) in [5.74, 6) is -0.207. The van der Waals surface area contributed by atoms with Crippen LogP contribution in [0, 0.1) is 0 Å². The Labute approximate surface area is 114 Å². The highest BCUT2D eigenvalue weighted by molar-refractivity contribution is 5.97. The molecule has 0 unspecified atom stereocenters. The van der Waals surface area contributed by atoms with Crippen LogP contribution in [-0.2, 0) is 6.42 Å². The van der Waals surface area contributed by atoms with Crippen molar-refractivity contribution >= 4 is 5.91 Å². The first kappa shape index (κ1) is 15.5. The number of carbonyl (C=O) groups excluding carboxylic acids is 1. The molecule has 19 heavy (non-hydrogen) atoms. The quantitative estimate of drug-likeness (QED) is 0.858. The minimum absolute atomic E-state index is 0.0456. The number of rotatable bonds is 5. The number of hydrogen-bond donors (Lipinski definition) is 2. The van der Waals surface area contributed by atoms with Crippen LogP contribution in [0.5, 0.6) is 5.75 Å². The maximum absolute atomic E-state index is 12.4. The number of aryl methyl sites for hydroxylation is 1. The van der Waals surface area contributed by atoms with Gasteiger partial charge < -0.3 is 15.1 Å². The van der Waals surface area contributed by atoms with Crippen molar-refractivity contribution in [3.8, 4) is 5.75 Å². The van der Waals surface area contributed by atoms with Gasteiger partial charge >= 0.3 is 0 Å². The molecule has 1 rings (SSSR count). The van der Waals surface area contributed by atoms with Crippen molar-refractivity contribution in [2.24, 2.45) is 0 Å². The number of nitrogens with zero attached hydrogens (tertiary/aromatic N) is 1. The van der Waals surface area contributed by atoms with Gasteiger partial charge in [0.25, 0.3) is 5.91 Å². The van der Waals surface area contributed by atoms with Crippen LogP contribution in [0.2, 0.25) is 0 Å². The largest absolute Gasteiger partial charge is 0.507 e. The smallest absolute Gasteiger partial charge is 0.257 e. The molecule has 0 aliphatic carbocycles. The molecule has 0 saturated carbocycles. The van der Waals surface area contributed by atoms with Crippen LogP contribution in [0.15, 0.2) is 18.2 Å². The second-order valence-electron chi connectivity index (χ2n) is 5.30. The topological polar surface area (TPSA) is 60.8 Å². The zero-order chi connectivity index (χ0) is 14.6. The maximum atomic E-state index is 12.4. The fourth-order valence-electron chi connectivity index (χ4n) is 2.01. The highest BCUT2D eigenvalue weighted by Gasteiger charge is 2.24. The summed E-state index contributed by atoms with van der Waals surface area (Å²) in [6.45, 7) is 7.81. The molecule has 0 spiro atoms. The van der Waals surface area contributed by atoms with Gasteiger partial charge in [0.05, 0.1) is 11.2 Å². The third-order valence-electron chi connectivity index (χ3n) is 2.98. The molecule has 0 aromatic heterocycles. The van der Waals surface area contributed by atoms with E-state index in [9.17, 15) is 15.0 Å². The summed E-state index contributed by atoms with van der Waals surface area (Å²) < 4.78 is 0. The molecule has 0 bridgehead atoms. The van der Waals surface area contributed by atoms with Crippen molar-refractivity contribution in [2.75, 3.05) is 13.1 Å². The number of aliphatic hydroxyl groups is 1. The van der Waals surface area contributed by atoms with E-state index in [1.165, 1.54) is 4.90 Å². The van der Waals surface area contributed by atoms with Crippen LogP contribution < -0.4 is 0 Å². The van der Waals surface area contributed by atoms with Gasteiger partial charge in [0.2, 0.25) is 0 Å². The van der Waals surface area contributed by atoms with Gasteiger partial charge in [-0.3, -0.25) is 4.79 Å². The summed E-state index contributed by atoms with van der Waals surface area (Å²) >= 11 is 0. The Balaban J connectivity index is 3.04. The van der Waals surface area contributed by atoms with Crippen molar-refractivity contribution in [3.63, 3.8) is 0 Å². The predicted molar refractivity (Wildman–Crippen MR) is 75.4 cm³/mol. The number of amides is 1. The second-order valence-corrected chi connectivity index (χ2v) is 5.30. The Bertz CT molecular complexity index is 449. The number of aromatic hydroxyl groups is 1. The molecule has 0 aliphatic rings. The van der Waals surface area contributed by atoms with Crippen LogP contribution in [0.3, 0.4) is 0 Å². The molecule has 1 aromatic carbocycles. The Kier molecular flexibility index (Phi) is 4.95. The number of phenols is 1. The molecular formula is C15H23NO3. The van der Waals surface area contributed by atoms with Crippen LogP contribution >= 0.6 is 0 Å². The highest BCUT2D eigenvalue weighted by Crippen LogP contribution is 2.24. The Morgan fingerprint density at radius 2 is 1.95 bits per heavy atom. The summed E-state index contributed by atoms with van der Waals surface area (Å²) in [5.41, 5.74) is 0.0968. The molecule has 2 N–H and O–H groups in total. The van der Waals surface area contributed by atoms with Gasteiger partial charge in [-0.15, -0.1) is 0 Å². The zero-order valence-corrected chi connectivity index (χ0v) is 12.1. The second kappa shape index (κ2) is 6.06. The SMILES string of the molecule is CCc1cccc(C(=O)N(CC)CC(C)(C)O)c1O. The predicted octanol–water partition coefficient (Wildman–Crippen LogP) is 2.19. The molecule has 0 saturated heterocycles. The van der Waals surface area contributed by atoms with Crippen molar-refractivity contribution in [3.05, 3.63) is 29.3 Å². The number of likely N-dealkylation sites (N-methyl/N-ethyl adjacent to an activating group) is 1. The Morgan fingerprint density at radius 1 is 1.32 bits per heavy atom. The number of hydrogen-bond acceptors (Lipinski definition) is 3. The molecule has 0 heterocycles. The van der Waals surface area contributed by atoms with Crippen molar-refractivity contribution in [2.45, 2.75) is 39.7 Å². The number of benzene rings is 1. The van der Waals surface area contributed by atoms with Gasteiger partial charge in [0.15, 0.2) is 0 Å². The van der Waals surface area contributed by atoms with Crippen molar-refractivity contribution in [1.29, 1.82) is 0 Å². The average molecular weight is 265 g/mol.